The number of hydrogen-bond donors (Lipinski definition) is 4. The van der Waals surface area contributed by atoms with Crippen molar-refractivity contribution in [2.24, 2.45) is 0 Å². The van der Waals surface area contributed by atoms with E-state index in [2.05, 4.69) is 30.6 Å². The highest BCUT2D eigenvalue weighted by molar-refractivity contribution is 5.71. The molecule has 10 nitrogen and oxygen atoms in total. The fraction of sp³-hybridized carbons (Fsp3) is 0.143. The number of methoxy groups -OCH3 is 1. The van der Waals surface area contributed by atoms with Crippen molar-refractivity contribution in [3.05, 3.63) is 97.0 Å². The first-order chi connectivity index (χ1) is 18.6. The van der Waals surface area contributed by atoms with E-state index in [-0.39, 0.29) is 18.5 Å². The fourth-order valence-corrected chi connectivity index (χ4v) is 3.94. The number of hydrogen-bond acceptors (Lipinski definition) is 10. The SMILES string of the molecule is COc1cc(Nc2nc(N[C@H](CO)[C@@H](O)c3ccccc3)nc(-c3ccccc3)n2)ccc1-c1cnco1. The summed E-state index contributed by atoms with van der Waals surface area (Å²) in [5.74, 6) is 2.04. The number of aliphatic hydroxyl groups excluding tert-OH is 2. The molecule has 2 heterocycles. The maximum Gasteiger partial charge on any atom is 0.232 e. The van der Waals surface area contributed by atoms with Gasteiger partial charge in [-0.1, -0.05) is 60.7 Å². The van der Waals surface area contributed by atoms with Crippen LogP contribution >= 0.6 is 0 Å². The number of ether oxygens (including phenoxy) is 1. The minimum atomic E-state index is -0.984. The average Bonchev–Trinajstić information content (AvgIpc) is 3.51. The van der Waals surface area contributed by atoms with E-state index in [1.54, 1.807) is 31.5 Å². The second-order valence-corrected chi connectivity index (χ2v) is 8.37. The van der Waals surface area contributed by atoms with E-state index in [4.69, 9.17) is 9.15 Å². The van der Waals surface area contributed by atoms with Crippen molar-refractivity contribution < 1.29 is 19.4 Å². The van der Waals surface area contributed by atoms with Crippen molar-refractivity contribution in [1.82, 2.24) is 19.9 Å². The molecule has 2 aromatic heterocycles. The molecule has 5 rings (SSSR count). The lowest BCUT2D eigenvalue weighted by Crippen LogP contribution is -2.32. The molecule has 38 heavy (non-hydrogen) atoms. The number of rotatable bonds is 10. The van der Waals surface area contributed by atoms with Crippen molar-refractivity contribution >= 4 is 17.6 Å². The van der Waals surface area contributed by atoms with Crippen molar-refractivity contribution in [2.45, 2.75) is 12.1 Å². The number of aromatic nitrogens is 4. The standard InChI is InChI=1S/C28H26N6O4/c1-37-23-14-20(12-13-21(23)24-15-29-17-38-24)30-27-32-26(19-10-6-3-7-11-19)33-28(34-27)31-22(16-35)25(36)18-8-4-2-5-9-18/h2-15,17,22,25,35-36H,16H2,1H3,(H2,30,31,32,33,34)/t22-,25+/m1/s1. The maximum atomic E-state index is 10.9. The molecule has 0 fully saturated rings. The molecule has 0 saturated heterocycles. The first-order valence-corrected chi connectivity index (χ1v) is 11.9. The van der Waals surface area contributed by atoms with Gasteiger partial charge in [0.1, 0.15) is 11.9 Å². The van der Waals surface area contributed by atoms with Crippen LogP contribution in [-0.2, 0) is 0 Å². The highest BCUT2D eigenvalue weighted by Crippen LogP contribution is 2.33. The van der Waals surface area contributed by atoms with Crippen LogP contribution < -0.4 is 15.4 Å². The van der Waals surface area contributed by atoms with Crippen molar-refractivity contribution in [3.63, 3.8) is 0 Å². The quantitative estimate of drug-likeness (QED) is 0.213. The molecule has 5 aromatic rings. The molecular weight excluding hydrogens is 484 g/mol. The van der Waals surface area contributed by atoms with Crippen LogP contribution in [0.1, 0.15) is 11.7 Å². The van der Waals surface area contributed by atoms with Crippen LogP contribution in [0.15, 0.2) is 95.9 Å². The van der Waals surface area contributed by atoms with Gasteiger partial charge in [-0.15, -0.1) is 0 Å². The van der Waals surface area contributed by atoms with Gasteiger partial charge in [-0.05, 0) is 17.7 Å². The van der Waals surface area contributed by atoms with Crippen molar-refractivity contribution in [2.75, 3.05) is 24.4 Å². The van der Waals surface area contributed by atoms with Crippen LogP contribution in [0.3, 0.4) is 0 Å². The number of benzene rings is 3. The molecule has 4 N–H and O–H groups in total. The summed E-state index contributed by atoms with van der Waals surface area (Å²) < 4.78 is 11.0. The molecule has 0 unspecified atom stereocenters. The van der Waals surface area contributed by atoms with Gasteiger partial charge in [-0.25, -0.2) is 4.98 Å². The van der Waals surface area contributed by atoms with Gasteiger partial charge in [0.05, 0.1) is 31.5 Å². The van der Waals surface area contributed by atoms with Crippen LogP contribution in [0.5, 0.6) is 5.75 Å². The Kier molecular flexibility index (Phi) is 7.53. The van der Waals surface area contributed by atoms with Gasteiger partial charge < -0.3 is 30.0 Å². The summed E-state index contributed by atoms with van der Waals surface area (Å²) in [7, 11) is 1.57. The van der Waals surface area contributed by atoms with E-state index in [1.165, 1.54) is 6.39 Å². The zero-order valence-electron chi connectivity index (χ0n) is 20.5. The molecule has 10 heteroatoms. The Bertz CT molecular complexity index is 1470. The molecule has 0 amide bonds. The number of nitrogens with zero attached hydrogens (tertiary/aromatic N) is 4. The van der Waals surface area contributed by atoms with E-state index < -0.39 is 12.1 Å². The summed E-state index contributed by atoms with van der Waals surface area (Å²) in [5, 5.41) is 27.2. The summed E-state index contributed by atoms with van der Waals surface area (Å²) >= 11 is 0. The first kappa shape index (κ1) is 24.9. The highest BCUT2D eigenvalue weighted by atomic mass is 16.5. The predicted octanol–water partition coefficient (Wildman–Crippen LogP) is 4.45. The zero-order valence-corrected chi connectivity index (χ0v) is 20.5. The third-order valence-electron chi connectivity index (χ3n) is 5.86. The Balaban J connectivity index is 1.47. The van der Waals surface area contributed by atoms with Gasteiger partial charge in [-0.3, -0.25) is 0 Å². The van der Waals surface area contributed by atoms with Gasteiger partial charge in [0.2, 0.25) is 11.9 Å². The molecule has 192 valence electrons. The number of anilines is 3. The van der Waals surface area contributed by atoms with Gasteiger partial charge >= 0.3 is 0 Å². The Hall–Kier alpha value is -4.80. The van der Waals surface area contributed by atoms with E-state index in [0.29, 0.717) is 28.6 Å². The molecular formula is C28H26N6O4. The molecule has 3 aromatic carbocycles. The number of aliphatic hydroxyl groups is 2. The topological polar surface area (TPSA) is 138 Å². The van der Waals surface area contributed by atoms with Gasteiger partial charge in [0.25, 0.3) is 0 Å². The van der Waals surface area contributed by atoms with Crippen LogP contribution in [0.2, 0.25) is 0 Å². The predicted molar refractivity (Wildman–Crippen MR) is 143 cm³/mol. The molecule has 2 atom stereocenters. The van der Waals surface area contributed by atoms with Crippen molar-refractivity contribution in [3.8, 4) is 28.5 Å². The van der Waals surface area contributed by atoms with Crippen LogP contribution in [-0.4, -0.2) is 49.9 Å². The van der Waals surface area contributed by atoms with E-state index in [0.717, 1.165) is 11.1 Å². The largest absolute Gasteiger partial charge is 0.496 e. The van der Waals surface area contributed by atoms with Crippen LogP contribution in [0, 0.1) is 0 Å². The van der Waals surface area contributed by atoms with Crippen LogP contribution in [0.4, 0.5) is 17.6 Å². The molecule has 0 spiro atoms. The third-order valence-corrected chi connectivity index (χ3v) is 5.86. The normalized spacial score (nSPS) is 12.5. The lowest BCUT2D eigenvalue weighted by Gasteiger charge is -2.23. The number of nitrogens with one attached hydrogen (secondary N) is 2. The minimum Gasteiger partial charge on any atom is -0.496 e. The molecule has 0 aliphatic rings. The monoisotopic (exact) mass is 510 g/mol. The Morgan fingerprint density at radius 3 is 2.34 bits per heavy atom. The van der Waals surface area contributed by atoms with Crippen molar-refractivity contribution in [1.29, 1.82) is 0 Å². The minimum absolute atomic E-state index is 0.195. The summed E-state index contributed by atoms with van der Waals surface area (Å²) in [6.45, 7) is -0.342. The van der Waals surface area contributed by atoms with E-state index in [9.17, 15) is 10.2 Å². The van der Waals surface area contributed by atoms with Crippen LogP contribution in [0.25, 0.3) is 22.7 Å². The Morgan fingerprint density at radius 1 is 0.921 bits per heavy atom. The van der Waals surface area contributed by atoms with Gasteiger partial charge in [0.15, 0.2) is 18.0 Å². The molecule has 0 radical (unpaired) electrons. The molecule has 0 aliphatic carbocycles. The Labute approximate surface area is 219 Å². The first-order valence-electron chi connectivity index (χ1n) is 11.9. The summed E-state index contributed by atoms with van der Waals surface area (Å²) in [4.78, 5) is 17.6. The molecule has 0 aliphatic heterocycles. The summed E-state index contributed by atoms with van der Waals surface area (Å²) in [6.07, 6.45) is 1.99. The lowest BCUT2D eigenvalue weighted by atomic mass is 10.0. The molecule has 0 bridgehead atoms. The Morgan fingerprint density at radius 2 is 1.66 bits per heavy atom. The van der Waals surface area contributed by atoms with Gasteiger partial charge in [0, 0.05) is 17.3 Å². The number of oxazole rings is 1. The fourth-order valence-electron chi connectivity index (χ4n) is 3.94. The zero-order chi connectivity index (χ0) is 26.3. The smallest absolute Gasteiger partial charge is 0.232 e. The lowest BCUT2D eigenvalue weighted by molar-refractivity contribution is 0.118. The summed E-state index contributed by atoms with van der Waals surface area (Å²) in [5.41, 5.74) is 2.86. The highest BCUT2D eigenvalue weighted by Gasteiger charge is 2.22. The van der Waals surface area contributed by atoms with Gasteiger partial charge in [-0.2, -0.15) is 15.0 Å². The maximum absolute atomic E-state index is 10.9. The second-order valence-electron chi connectivity index (χ2n) is 8.37. The summed E-state index contributed by atoms with van der Waals surface area (Å²) in [6, 6.07) is 23.3. The second kappa shape index (κ2) is 11.5. The van der Waals surface area contributed by atoms with E-state index >= 15 is 0 Å². The van der Waals surface area contributed by atoms with E-state index in [1.807, 2.05) is 60.7 Å². The third kappa shape index (κ3) is 5.61. The average molecular weight is 511 g/mol. The molecule has 0 saturated carbocycles.